The van der Waals surface area contributed by atoms with E-state index in [2.05, 4.69) is 4.98 Å². The van der Waals surface area contributed by atoms with Crippen LogP contribution in [0.3, 0.4) is 0 Å². The number of methoxy groups -OCH3 is 1. The molecule has 2 aliphatic rings. The summed E-state index contributed by atoms with van der Waals surface area (Å²) in [6.07, 6.45) is 5.50. The summed E-state index contributed by atoms with van der Waals surface area (Å²) >= 11 is 0. The minimum atomic E-state index is -0.240. The van der Waals surface area contributed by atoms with Crippen LogP contribution in [0.15, 0.2) is 12.3 Å². The molecule has 6 nitrogen and oxygen atoms in total. The van der Waals surface area contributed by atoms with Gasteiger partial charge in [0.2, 0.25) is 0 Å². The average molecular weight is 305 g/mol. The molecule has 1 amide bonds. The van der Waals surface area contributed by atoms with Gasteiger partial charge in [0.1, 0.15) is 5.82 Å². The maximum absolute atomic E-state index is 11.5. The monoisotopic (exact) mass is 305 g/mol. The Morgan fingerprint density at radius 2 is 1.95 bits per heavy atom. The van der Waals surface area contributed by atoms with Crippen LogP contribution in [0.4, 0.5) is 4.79 Å². The summed E-state index contributed by atoms with van der Waals surface area (Å²) in [7, 11) is 1.43. The number of carbonyl (C=O) groups is 1. The van der Waals surface area contributed by atoms with Crippen LogP contribution >= 0.6 is 0 Å². The second-order valence-electron chi connectivity index (χ2n) is 5.96. The molecule has 1 aromatic rings. The Labute approximate surface area is 130 Å². The van der Waals surface area contributed by atoms with Gasteiger partial charge in [0.05, 0.1) is 7.11 Å². The van der Waals surface area contributed by atoms with Crippen molar-refractivity contribution >= 4 is 6.09 Å². The van der Waals surface area contributed by atoms with Crippen molar-refractivity contribution in [1.29, 1.82) is 0 Å². The SMILES string of the molecule is COC(=O)N1CCC(c2nccc(C3CCOCC3)n2)CC1. The molecule has 0 atom stereocenters. The third-order valence-electron chi connectivity index (χ3n) is 4.63. The number of likely N-dealkylation sites (tertiary alicyclic amines) is 1. The summed E-state index contributed by atoms with van der Waals surface area (Å²) in [5.74, 6) is 1.75. The first-order valence-corrected chi connectivity index (χ1v) is 8.01. The standard InChI is InChI=1S/C16H23N3O3/c1-21-16(20)19-8-3-13(4-9-19)15-17-7-2-14(18-15)12-5-10-22-11-6-12/h2,7,12-13H,3-6,8-11H2,1H3. The summed E-state index contributed by atoms with van der Waals surface area (Å²) in [6.45, 7) is 3.06. The summed E-state index contributed by atoms with van der Waals surface area (Å²) in [5.41, 5.74) is 1.14. The number of nitrogens with zero attached hydrogens (tertiary/aromatic N) is 3. The van der Waals surface area contributed by atoms with E-state index in [4.69, 9.17) is 14.5 Å². The number of piperidine rings is 1. The number of hydrogen-bond donors (Lipinski definition) is 0. The molecule has 2 aliphatic heterocycles. The van der Waals surface area contributed by atoms with Crippen LogP contribution in [-0.2, 0) is 9.47 Å². The fourth-order valence-electron chi connectivity index (χ4n) is 3.26. The molecule has 22 heavy (non-hydrogen) atoms. The Morgan fingerprint density at radius 1 is 1.23 bits per heavy atom. The average Bonchev–Trinajstić information content (AvgIpc) is 2.62. The fraction of sp³-hybridized carbons (Fsp3) is 0.688. The van der Waals surface area contributed by atoms with Gasteiger partial charge < -0.3 is 14.4 Å². The van der Waals surface area contributed by atoms with Gasteiger partial charge >= 0.3 is 6.09 Å². The van der Waals surface area contributed by atoms with E-state index in [1.165, 1.54) is 7.11 Å². The second-order valence-corrected chi connectivity index (χ2v) is 5.96. The molecule has 0 N–H and O–H groups in total. The summed E-state index contributed by atoms with van der Waals surface area (Å²) in [4.78, 5) is 22.6. The highest BCUT2D eigenvalue weighted by Gasteiger charge is 2.26. The highest BCUT2D eigenvalue weighted by Crippen LogP contribution is 2.29. The molecule has 0 aromatic carbocycles. The van der Waals surface area contributed by atoms with Crippen LogP contribution in [-0.4, -0.2) is 54.4 Å². The molecule has 2 saturated heterocycles. The quantitative estimate of drug-likeness (QED) is 0.839. The van der Waals surface area contributed by atoms with Crippen LogP contribution in [0.5, 0.6) is 0 Å². The van der Waals surface area contributed by atoms with E-state index in [0.29, 0.717) is 24.9 Å². The number of ether oxygens (including phenoxy) is 2. The number of rotatable bonds is 2. The molecule has 3 rings (SSSR count). The maximum atomic E-state index is 11.5. The Balaban J connectivity index is 1.64. The molecule has 0 unspecified atom stereocenters. The number of carbonyl (C=O) groups excluding carboxylic acids is 1. The number of hydrogen-bond acceptors (Lipinski definition) is 5. The molecule has 0 bridgehead atoms. The van der Waals surface area contributed by atoms with Gasteiger partial charge in [0.15, 0.2) is 0 Å². The van der Waals surface area contributed by atoms with Gasteiger partial charge in [-0.25, -0.2) is 14.8 Å². The van der Waals surface area contributed by atoms with Crippen molar-refractivity contribution in [2.24, 2.45) is 0 Å². The Hall–Kier alpha value is -1.69. The normalized spacial score (nSPS) is 20.9. The molecule has 0 spiro atoms. The van der Waals surface area contributed by atoms with E-state index < -0.39 is 0 Å². The van der Waals surface area contributed by atoms with E-state index in [9.17, 15) is 4.79 Å². The Kier molecular flexibility index (Phi) is 4.87. The molecule has 1 aromatic heterocycles. The van der Waals surface area contributed by atoms with Crippen LogP contribution in [0.1, 0.15) is 49.0 Å². The zero-order chi connectivity index (χ0) is 15.4. The lowest BCUT2D eigenvalue weighted by Crippen LogP contribution is -2.38. The third kappa shape index (κ3) is 3.38. The maximum Gasteiger partial charge on any atom is 0.409 e. The van der Waals surface area contributed by atoms with E-state index in [1.807, 2.05) is 12.3 Å². The van der Waals surface area contributed by atoms with Crippen molar-refractivity contribution < 1.29 is 14.3 Å². The third-order valence-corrected chi connectivity index (χ3v) is 4.63. The van der Waals surface area contributed by atoms with Crippen molar-refractivity contribution in [3.63, 3.8) is 0 Å². The van der Waals surface area contributed by atoms with Gasteiger partial charge in [0.25, 0.3) is 0 Å². The zero-order valence-corrected chi connectivity index (χ0v) is 13.0. The lowest BCUT2D eigenvalue weighted by Gasteiger charge is -2.30. The van der Waals surface area contributed by atoms with Crippen molar-refractivity contribution in [1.82, 2.24) is 14.9 Å². The Bertz CT molecular complexity index is 509. The lowest BCUT2D eigenvalue weighted by molar-refractivity contribution is 0.0843. The van der Waals surface area contributed by atoms with Gasteiger partial charge in [-0.15, -0.1) is 0 Å². The first-order valence-electron chi connectivity index (χ1n) is 8.01. The van der Waals surface area contributed by atoms with Gasteiger partial charge in [-0.2, -0.15) is 0 Å². The molecule has 6 heteroatoms. The first-order chi connectivity index (χ1) is 10.8. The zero-order valence-electron chi connectivity index (χ0n) is 13.0. The van der Waals surface area contributed by atoms with Crippen LogP contribution < -0.4 is 0 Å². The topological polar surface area (TPSA) is 64.5 Å². The Morgan fingerprint density at radius 3 is 2.64 bits per heavy atom. The van der Waals surface area contributed by atoms with Crippen molar-refractivity contribution in [2.75, 3.05) is 33.4 Å². The van der Waals surface area contributed by atoms with E-state index in [0.717, 1.165) is 50.4 Å². The van der Waals surface area contributed by atoms with Crippen molar-refractivity contribution in [2.45, 2.75) is 37.5 Å². The molecule has 3 heterocycles. The van der Waals surface area contributed by atoms with Crippen LogP contribution in [0.2, 0.25) is 0 Å². The lowest BCUT2D eigenvalue weighted by atomic mass is 9.94. The molecule has 0 aliphatic carbocycles. The number of amides is 1. The van der Waals surface area contributed by atoms with Crippen molar-refractivity contribution in [3.05, 3.63) is 23.8 Å². The molecule has 0 radical (unpaired) electrons. The number of aromatic nitrogens is 2. The summed E-state index contributed by atoms with van der Waals surface area (Å²) in [5, 5.41) is 0. The van der Waals surface area contributed by atoms with Gasteiger partial charge in [-0.3, -0.25) is 0 Å². The van der Waals surface area contributed by atoms with E-state index in [-0.39, 0.29) is 6.09 Å². The van der Waals surface area contributed by atoms with Crippen LogP contribution in [0.25, 0.3) is 0 Å². The van der Waals surface area contributed by atoms with E-state index >= 15 is 0 Å². The largest absolute Gasteiger partial charge is 0.453 e. The first kappa shape index (κ1) is 15.2. The smallest absolute Gasteiger partial charge is 0.409 e. The van der Waals surface area contributed by atoms with Crippen LogP contribution in [0, 0.1) is 0 Å². The highest BCUT2D eigenvalue weighted by molar-refractivity contribution is 5.67. The second kappa shape index (κ2) is 7.05. The molecular weight excluding hydrogens is 282 g/mol. The summed E-state index contributed by atoms with van der Waals surface area (Å²) in [6, 6.07) is 2.03. The molecule has 2 fully saturated rings. The van der Waals surface area contributed by atoms with Crippen molar-refractivity contribution in [3.8, 4) is 0 Å². The van der Waals surface area contributed by atoms with Gasteiger partial charge in [-0.05, 0) is 31.7 Å². The van der Waals surface area contributed by atoms with E-state index in [1.54, 1.807) is 4.90 Å². The molecular formula is C16H23N3O3. The highest BCUT2D eigenvalue weighted by atomic mass is 16.5. The molecule has 0 saturated carbocycles. The van der Waals surface area contributed by atoms with Gasteiger partial charge in [-0.1, -0.05) is 0 Å². The molecule has 120 valence electrons. The van der Waals surface area contributed by atoms with Gasteiger partial charge in [0, 0.05) is 50.0 Å². The summed E-state index contributed by atoms with van der Waals surface area (Å²) < 4.78 is 10.2. The fourth-order valence-corrected chi connectivity index (χ4v) is 3.26. The minimum absolute atomic E-state index is 0.240. The predicted molar refractivity (Wildman–Crippen MR) is 80.8 cm³/mol. The predicted octanol–water partition coefficient (Wildman–Crippen LogP) is 2.32. The minimum Gasteiger partial charge on any atom is -0.453 e.